The summed E-state index contributed by atoms with van der Waals surface area (Å²) in [6.07, 6.45) is 2.32. The molecule has 2 aliphatic rings. The predicted octanol–water partition coefficient (Wildman–Crippen LogP) is 1.90. The molecule has 3 aromatic rings. The van der Waals surface area contributed by atoms with Gasteiger partial charge in [-0.2, -0.15) is 5.10 Å². The Kier molecular flexibility index (Phi) is 5.64. The summed E-state index contributed by atoms with van der Waals surface area (Å²) in [5.74, 6) is -2.36. The van der Waals surface area contributed by atoms with E-state index in [0.717, 1.165) is 12.8 Å². The van der Waals surface area contributed by atoms with Crippen LogP contribution in [0.2, 0.25) is 5.15 Å². The summed E-state index contributed by atoms with van der Waals surface area (Å²) in [4.78, 5) is 55.7. The highest BCUT2D eigenvalue weighted by Crippen LogP contribution is 2.43. The van der Waals surface area contributed by atoms with Gasteiger partial charge in [-0.1, -0.05) is 17.7 Å². The predicted molar refractivity (Wildman–Crippen MR) is 125 cm³/mol. The molecular weight excluding hydrogens is 476 g/mol. The summed E-state index contributed by atoms with van der Waals surface area (Å²) in [5, 5.41) is 16.9. The van der Waals surface area contributed by atoms with Gasteiger partial charge < -0.3 is 21.1 Å². The van der Waals surface area contributed by atoms with Gasteiger partial charge in [0.05, 0.1) is 11.1 Å². The fraction of sp³-hybridized carbons (Fsp3) is 0.304. The van der Waals surface area contributed by atoms with Gasteiger partial charge in [0.15, 0.2) is 5.69 Å². The van der Waals surface area contributed by atoms with Crippen LogP contribution in [-0.2, 0) is 16.1 Å². The molecule has 3 atom stereocenters. The molecule has 35 heavy (non-hydrogen) atoms. The lowest BCUT2D eigenvalue weighted by molar-refractivity contribution is -0.141. The SMILES string of the molecule is NC(=O)c1nn(CC(=O)N2[C@@H]3CC[C@@H](C3)[C@H]2C(=O)Nc2cccc(Cl)n2)c2cc(C(=O)O)ccc12. The van der Waals surface area contributed by atoms with Crippen LogP contribution in [-0.4, -0.2) is 60.5 Å². The van der Waals surface area contributed by atoms with E-state index in [1.807, 2.05) is 0 Å². The van der Waals surface area contributed by atoms with Gasteiger partial charge in [-0.25, -0.2) is 9.78 Å². The number of primary amides is 1. The molecule has 3 amide bonds. The third-order valence-electron chi connectivity index (χ3n) is 6.63. The van der Waals surface area contributed by atoms with Crippen LogP contribution in [0.3, 0.4) is 0 Å². The third kappa shape index (κ3) is 4.08. The highest BCUT2D eigenvalue weighted by molar-refractivity contribution is 6.29. The Balaban J connectivity index is 1.44. The Hall–Kier alpha value is -3.99. The number of carbonyl (C=O) groups is 4. The fourth-order valence-electron chi connectivity index (χ4n) is 5.18. The maximum atomic E-state index is 13.5. The summed E-state index contributed by atoms with van der Waals surface area (Å²) < 4.78 is 1.27. The molecule has 2 bridgehead atoms. The molecule has 1 aromatic carbocycles. The molecule has 0 unspecified atom stereocenters. The molecule has 2 fully saturated rings. The van der Waals surface area contributed by atoms with Crippen molar-refractivity contribution in [3.8, 4) is 0 Å². The zero-order valence-corrected chi connectivity index (χ0v) is 19.1. The van der Waals surface area contributed by atoms with Crippen LogP contribution in [0.15, 0.2) is 36.4 Å². The van der Waals surface area contributed by atoms with Gasteiger partial charge in [0.1, 0.15) is 23.6 Å². The van der Waals surface area contributed by atoms with E-state index < -0.39 is 17.9 Å². The van der Waals surface area contributed by atoms with E-state index in [4.69, 9.17) is 17.3 Å². The van der Waals surface area contributed by atoms with Crippen molar-refractivity contribution in [1.82, 2.24) is 19.7 Å². The van der Waals surface area contributed by atoms with E-state index in [1.54, 1.807) is 23.1 Å². The van der Waals surface area contributed by atoms with Crippen LogP contribution in [0.1, 0.15) is 40.1 Å². The number of pyridine rings is 1. The Morgan fingerprint density at radius 3 is 2.69 bits per heavy atom. The average Bonchev–Trinajstić information content (AvgIpc) is 3.52. The number of hydrogen-bond donors (Lipinski definition) is 3. The van der Waals surface area contributed by atoms with Crippen molar-refractivity contribution in [3.63, 3.8) is 0 Å². The molecular formula is C23H21ClN6O5. The first-order valence-electron chi connectivity index (χ1n) is 11.0. The molecule has 5 rings (SSSR count). The van der Waals surface area contributed by atoms with E-state index in [0.29, 0.717) is 23.1 Å². The number of fused-ring (bicyclic) bond motifs is 3. The highest BCUT2D eigenvalue weighted by atomic mass is 35.5. The van der Waals surface area contributed by atoms with Crippen molar-refractivity contribution >= 4 is 52.0 Å². The molecule has 1 aliphatic carbocycles. The number of aromatic carboxylic acids is 1. The first-order chi connectivity index (χ1) is 16.7. The van der Waals surface area contributed by atoms with Gasteiger partial charge >= 0.3 is 5.97 Å². The van der Waals surface area contributed by atoms with Crippen molar-refractivity contribution in [2.24, 2.45) is 11.7 Å². The maximum absolute atomic E-state index is 13.5. The molecule has 2 aromatic heterocycles. The van der Waals surface area contributed by atoms with Crippen LogP contribution in [0.25, 0.3) is 10.9 Å². The molecule has 1 aliphatic heterocycles. The summed E-state index contributed by atoms with van der Waals surface area (Å²) in [5.41, 5.74) is 5.66. The maximum Gasteiger partial charge on any atom is 0.335 e. The normalized spacial score (nSPS) is 20.8. The molecule has 0 spiro atoms. The number of hydrogen-bond acceptors (Lipinski definition) is 6. The highest BCUT2D eigenvalue weighted by Gasteiger charge is 2.51. The van der Waals surface area contributed by atoms with E-state index in [9.17, 15) is 24.3 Å². The second-order valence-electron chi connectivity index (χ2n) is 8.72. The van der Waals surface area contributed by atoms with Gasteiger partial charge in [0.2, 0.25) is 11.8 Å². The van der Waals surface area contributed by atoms with Crippen molar-refractivity contribution in [3.05, 3.63) is 52.8 Å². The summed E-state index contributed by atoms with van der Waals surface area (Å²) in [6.45, 7) is -0.282. The molecule has 0 radical (unpaired) electrons. The monoisotopic (exact) mass is 496 g/mol. The summed E-state index contributed by atoms with van der Waals surface area (Å²) in [6, 6.07) is 8.22. The quantitative estimate of drug-likeness (QED) is 0.439. The number of amides is 3. The van der Waals surface area contributed by atoms with Gasteiger partial charge in [-0.15, -0.1) is 0 Å². The number of carboxylic acids is 1. The number of aromatic nitrogens is 3. The van der Waals surface area contributed by atoms with E-state index >= 15 is 0 Å². The van der Waals surface area contributed by atoms with Crippen LogP contribution >= 0.6 is 11.6 Å². The smallest absolute Gasteiger partial charge is 0.335 e. The number of benzene rings is 1. The van der Waals surface area contributed by atoms with Gasteiger partial charge in [-0.05, 0) is 55.5 Å². The lowest BCUT2D eigenvalue weighted by atomic mass is 9.97. The average molecular weight is 497 g/mol. The third-order valence-corrected chi connectivity index (χ3v) is 6.84. The fourth-order valence-corrected chi connectivity index (χ4v) is 5.35. The van der Waals surface area contributed by atoms with Crippen LogP contribution in [0.4, 0.5) is 5.82 Å². The van der Waals surface area contributed by atoms with Gasteiger partial charge in [0, 0.05) is 11.4 Å². The van der Waals surface area contributed by atoms with E-state index in [1.165, 1.54) is 22.9 Å². The lowest BCUT2D eigenvalue weighted by Gasteiger charge is -2.34. The topological polar surface area (TPSA) is 161 Å². The number of nitrogens with zero attached hydrogens (tertiary/aromatic N) is 4. The van der Waals surface area contributed by atoms with Crippen LogP contribution in [0, 0.1) is 5.92 Å². The minimum absolute atomic E-state index is 0.0114. The van der Waals surface area contributed by atoms with Gasteiger partial charge in [-0.3, -0.25) is 19.1 Å². The number of halogens is 1. The molecule has 12 heteroatoms. The molecule has 4 N–H and O–H groups in total. The van der Waals surface area contributed by atoms with Crippen molar-refractivity contribution in [1.29, 1.82) is 0 Å². The molecule has 11 nitrogen and oxygen atoms in total. The standard InChI is InChI=1S/C23H21ClN6O5/c24-16-2-1-3-17(26-16)27-22(33)20-11-4-6-13(8-11)30(20)18(31)10-29-15-9-12(23(34)35)5-7-14(15)19(28-29)21(25)32/h1-3,5,7,9,11,13,20H,4,6,8,10H2,(H2,25,32)(H,34,35)(H,26,27,33)/t11-,13+,20-/m0/s1. The minimum atomic E-state index is -1.16. The molecule has 180 valence electrons. The Bertz CT molecular complexity index is 1390. The number of carboxylic acid groups (broad SMARTS) is 1. The molecule has 1 saturated carbocycles. The van der Waals surface area contributed by atoms with Crippen molar-refractivity contribution in [2.45, 2.75) is 37.9 Å². The Labute approximate surface area is 203 Å². The van der Waals surface area contributed by atoms with Crippen molar-refractivity contribution in [2.75, 3.05) is 5.32 Å². The first kappa shape index (κ1) is 22.8. The zero-order chi connectivity index (χ0) is 24.9. The van der Waals surface area contributed by atoms with Gasteiger partial charge in [0.25, 0.3) is 5.91 Å². The van der Waals surface area contributed by atoms with E-state index in [-0.39, 0.29) is 46.7 Å². The Morgan fingerprint density at radius 1 is 1.17 bits per heavy atom. The summed E-state index contributed by atoms with van der Waals surface area (Å²) in [7, 11) is 0. The largest absolute Gasteiger partial charge is 0.478 e. The van der Waals surface area contributed by atoms with E-state index in [2.05, 4.69) is 15.4 Å². The second-order valence-corrected chi connectivity index (χ2v) is 9.10. The van der Waals surface area contributed by atoms with Crippen LogP contribution in [0.5, 0.6) is 0 Å². The summed E-state index contributed by atoms with van der Waals surface area (Å²) >= 11 is 5.92. The zero-order valence-electron chi connectivity index (χ0n) is 18.3. The first-order valence-corrected chi connectivity index (χ1v) is 11.4. The number of likely N-dealkylation sites (tertiary alicyclic amines) is 1. The number of rotatable bonds is 6. The van der Waals surface area contributed by atoms with Crippen LogP contribution < -0.4 is 11.1 Å². The van der Waals surface area contributed by atoms with Crippen molar-refractivity contribution < 1.29 is 24.3 Å². The minimum Gasteiger partial charge on any atom is -0.478 e. The number of carbonyl (C=O) groups excluding carboxylic acids is 3. The molecule has 3 heterocycles. The number of nitrogens with one attached hydrogen (secondary N) is 1. The number of nitrogens with two attached hydrogens (primary N) is 1. The number of piperidine rings is 1. The Morgan fingerprint density at radius 2 is 1.97 bits per heavy atom. The second kappa shape index (κ2) is 8.66. The number of anilines is 1. The molecule has 1 saturated heterocycles. The lowest BCUT2D eigenvalue weighted by Crippen LogP contribution is -2.52.